The minimum Gasteiger partial charge on any atom is -0.426 e. The van der Waals surface area contributed by atoms with E-state index in [0.29, 0.717) is 0 Å². The number of rotatable bonds is 8. The predicted molar refractivity (Wildman–Crippen MR) is 93.5 cm³/mol. The Morgan fingerprint density at radius 2 is 2.04 bits per heavy atom. The molecule has 0 bridgehead atoms. The lowest BCUT2D eigenvalue weighted by Gasteiger charge is -2.21. The number of amides is 1. The largest absolute Gasteiger partial charge is 0.475 e. The molecule has 1 aromatic carbocycles. The quantitative estimate of drug-likeness (QED) is 0.558. The van der Waals surface area contributed by atoms with Crippen LogP contribution in [0.3, 0.4) is 0 Å². The van der Waals surface area contributed by atoms with Crippen molar-refractivity contribution in [1.82, 2.24) is 9.62 Å². The van der Waals surface area contributed by atoms with E-state index >= 15 is 0 Å². The summed E-state index contributed by atoms with van der Waals surface area (Å²) in [5.41, 5.74) is 2.92. The fraction of sp³-hybridized carbons (Fsp3) is 0.400. The minimum absolute atomic E-state index is 0.216. The van der Waals surface area contributed by atoms with E-state index < -0.39 is 35.5 Å². The van der Waals surface area contributed by atoms with Crippen LogP contribution in [0.5, 0.6) is 0 Å². The van der Waals surface area contributed by atoms with Crippen LogP contribution in [0.25, 0.3) is 0 Å². The highest BCUT2D eigenvalue weighted by Gasteiger charge is 2.27. The number of aryl methyl sites for hydroxylation is 2. The first-order valence-corrected chi connectivity index (χ1v) is 8.87. The van der Waals surface area contributed by atoms with Crippen LogP contribution in [0.2, 0.25) is 0 Å². The first kappa shape index (κ1) is 20.4. The fourth-order valence-electron chi connectivity index (χ4n) is 2.21. The molecule has 0 saturated heterocycles. The summed E-state index contributed by atoms with van der Waals surface area (Å²) in [6.07, 6.45) is 0.216. The van der Waals surface area contributed by atoms with E-state index in [1.54, 1.807) is 0 Å². The third kappa shape index (κ3) is 5.75. The Balaban J connectivity index is 2.79. The summed E-state index contributed by atoms with van der Waals surface area (Å²) in [4.78, 5) is 12.0. The third-order valence-corrected chi connectivity index (χ3v) is 5.07. The van der Waals surface area contributed by atoms with Crippen molar-refractivity contribution in [3.05, 3.63) is 46.9 Å². The van der Waals surface area contributed by atoms with Crippen LogP contribution in [0.4, 0.5) is 0 Å². The first-order valence-electron chi connectivity index (χ1n) is 7.37. The van der Waals surface area contributed by atoms with Gasteiger partial charge in [0.2, 0.25) is 15.9 Å². The molecule has 0 aliphatic heterocycles. The van der Waals surface area contributed by atoms with Gasteiger partial charge in [-0.05, 0) is 31.4 Å². The summed E-state index contributed by atoms with van der Waals surface area (Å²) < 4.78 is 23.9. The zero-order valence-corrected chi connectivity index (χ0v) is 14.9. The number of hydrogen-bond acceptors (Lipinski definition) is 5. The van der Waals surface area contributed by atoms with Gasteiger partial charge in [0, 0.05) is 12.5 Å². The minimum atomic E-state index is -3.71. The van der Waals surface area contributed by atoms with Crippen LogP contribution >= 0.6 is 0 Å². The first-order chi connectivity index (χ1) is 11.1. The summed E-state index contributed by atoms with van der Waals surface area (Å²) in [5, 5.41) is 22.2. The molecule has 1 rings (SSSR count). The molecule has 0 fully saturated rings. The number of nitrogens with one attached hydrogen (secondary N) is 1. The van der Waals surface area contributed by atoms with Gasteiger partial charge in [0.15, 0.2) is 0 Å². The molecular formula is C15H23BN2O5S. The van der Waals surface area contributed by atoms with Crippen molar-refractivity contribution in [2.75, 3.05) is 13.6 Å². The molecule has 0 aliphatic rings. The Morgan fingerprint density at radius 1 is 1.42 bits per heavy atom. The van der Waals surface area contributed by atoms with E-state index in [1.807, 2.05) is 32.0 Å². The molecule has 9 heteroatoms. The second-order valence-electron chi connectivity index (χ2n) is 5.69. The molecular weight excluding hydrogens is 331 g/mol. The monoisotopic (exact) mass is 354 g/mol. The molecule has 132 valence electrons. The van der Waals surface area contributed by atoms with Crippen molar-refractivity contribution in [3.63, 3.8) is 0 Å². The van der Waals surface area contributed by atoms with Crippen LogP contribution < -0.4 is 5.32 Å². The van der Waals surface area contributed by atoms with Gasteiger partial charge in [-0.3, -0.25) is 4.79 Å². The molecule has 0 heterocycles. The highest BCUT2D eigenvalue weighted by molar-refractivity contribution is 7.92. The average Bonchev–Trinajstić information content (AvgIpc) is 2.48. The number of nitrogens with zero attached hydrogens (tertiary/aromatic N) is 1. The van der Waals surface area contributed by atoms with Gasteiger partial charge < -0.3 is 15.4 Å². The van der Waals surface area contributed by atoms with Crippen LogP contribution in [-0.2, 0) is 21.2 Å². The van der Waals surface area contributed by atoms with Crippen LogP contribution in [0, 0.1) is 13.8 Å². The summed E-state index contributed by atoms with van der Waals surface area (Å²) in [6, 6.07) is 5.72. The summed E-state index contributed by atoms with van der Waals surface area (Å²) in [7, 11) is -4.23. The maximum absolute atomic E-state index is 12.0. The van der Waals surface area contributed by atoms with Crippen LogP contribution in [-0.4, -0.2) is 55.3 Å². The maximum Gasteiger partial charge on any atom is 0.475 e. The zero-order chi connectivity index (χ0) is 18.5. The highest BCUT2D eigenvalue weighted by atomic mass is 32.2. The van der Waals surface area contributed by atoms with Crippen molar-refractivity contribution in [2.24, 2.45) is 0 Å². The normalized spacial score (nSPS) is 12.8. The molecule has 1 aromatic rings. The zero-order valence-electron chi connectivity index (χ0n) is 14.1. The third-order valence-electron chi connectivity index (χ3n) is 3.66. The van der Waals surface area contributed by atoms with Gasteiger partial charge in [-0.15, -0.1) is 0 Å². The summed E-state index contributed by atoms with van der Waals surface area (Å²) >= 11 is 0. The predicted octanol–water partition coefficient (Wildman–Crippen LogP) is -0.252. The molecule has 1 atom stereocenters. The second kappa shape index (κ2) is 8.43. The van der Waals surface area contributed by atoms with Crippen LogP contribution in [0.15, 0.2) is 30.2 Å². The highest BCUT2D eigenvalue weighted by Crippen LogP contribution is 2.13. The number of carbonyl (C=O) groups is 1. The Hall–Kier alpha value is -1.68. The van der Waals surface area contributed by atoms with Gasteiger partial charge >= 0.3 is 7.12 Å². The van der Waals surface area contributed by atoms with Gasteiger partial charge in [0.25, 0.3) is 0 Å². The Bertz CT molecular complexity index is 706. The molecule has 1 amide bonds. The van der Waals surface area contributed by atoms with E-state index in [1.165, 1.54) is 7.05 Å². The van der Waals surface area contributed by atoms with Gasteiger partial charge in [0.1, 0.15) is 0 Å². The number of benzene rings is 1. The SMILES string of the molecule is C=CS(=O)(=O)N(C)CC(=O)NC(Cc1ccc(C)cc1C)B(O)O. The lowest BCUT2D eigenvalue weighted by atomic mass is 9.75. The van der Waals surface area contributed by atoms with Crippen molar-refractivity contribution in [2.45, 2.75) is 26.2 Å². The molecule has 0 spiro atoms. The molecule has 0 aromatic heterocycles. The van der Waals surface area contributed by atoms with E-state index in [4.69, 9.17) is 0 Å². The Morgan fingerprint density at radius 3 is 2.54 bits per heavy atom. The smallest absolute Gasteiger partial charge is 0.426 e. The van der Waals surface area contributed by atoms with Crippen molar-refractivity contribution >= 4 is 23.0 Å². The lowest BCUT2D eigenvalue weighted by molar-refractivity contribution is -0.121. The molecule has 3 N–H and O–H groups in total. The fourth-order valence-corrected chi connectivity index (χ4v) is 2.77. The average molecular weight is 354 g/mol. The maximum atomic E-state index is 12.0. The van der Waals surface area contributed by atoms with E-state index in [-0.39, 0.29) is 6.42 Å². The Labute approximate surface area is 143 Å². The summed E-state index contributed by atoms with van der Waals surface area (Å²) in [6.45, 7) is 6.59. The van der Waals surface area contributed by atoms with Crippen LogP contribution in [0.1, 0.15) is 16.7 Å². The number of sulfonamides is 1. The van der Waals surface area contributed by atoms with E-state index in [9.17, 15) is 23.3 Å². The second-order valence-corrected chi connectivity index (χ2v) is 7.68. The number of hydrogen-bond donors (Lipinski definition) is 3. The molecule has 7 nitrogen and oxygen atoms in total. The number of carbonyl (C=O) groups excluding carboxylic acids is 1. The molecule has 0 radical (unpaired) electrons. The molecule has 0 aliphatic carbocycles. The number of likely N-dealkylation sites (N-methyl/N-ethyl adjacent to an activating group) is 1. The van der Waals surface area contributed by atoms with E-state index in [0.717, 1.165) is 26.4 Å². The van der Waals surface area contributed by atoms with Gasteiger partial charge in [0.05, 0.1) is 12.5 Å². The van der Waals surface area contributed by atoms with Crippen molar-refractivity contribution in [1.29, 1.82) is 0 Å². The van der Waals surface area contributed by atoms with Crippen molar-refractivity contribution in [3.8, 4) is 0 Å². The van der Waals surface area contributed by atoms with Gasteiger partial charge in [-0.2, -0.15) is 4.31 Å². The summed E-state index contributed by atoms with van der Waals surface area (Å²) in [5.74, 6) is -1.58. The molecule has 0 saturated carbocycles. The van der Waals surface area contributed by atoms with Crippen molar-refractivity contribution < 1.29 is 23.3 Å². The van der Waals surface area contributed by atoms with Gasteiger partial charge in [-0.25, -0.2) is 8.42 Å². The van der Waals surface area contributed by atoms with E-state index in [2.05, 4.69) is 11.9 Å². The molecule has 1 unspecified atom stereocenters. The van der Waals surface area contributed by atoms with Gasteiger partial charge in [-0.1, -0.05) is 30.3 Å². The lowest BCUT2D eigenvalue weighted by Crippen LogP contribution is -2.50. The standard InChI is InChI=1S/C15H23BN2O5S/c1-5-24(22,23)18(4)10-15(19)17-14(16(20)21)9-13-7-6-11(2)8-12(13)3/h5-8,14,20-21H,1,9-10H2,2-4H3,(H,17,19). The topological polar surface area (TPSA) is 107 Å². The Kier molecular flexibility index (Phi) is 7.16. The molecule has 24 heavy (non-hydrogen) atoms.